The van der Waals surface area contributed by atoms with Gasteiger partial charge in [-0.15, -0.1) is 0 Å². The predicted molar refractivity (Wildman–Crippen MR) is 124 cm³/mol. The fourth-order valence-electron chi connectivity index (χ4n) is 3.16. The highest BCUT2D eigenvalue weighted by atomic mass is 16.5. The van der Waals surface area contributed by atoms with Crippen LogP contribution in [0.15, 0.2) is 24.3 Å². The number of ether oxygens (including phenoxy) is 1. The number of hydrogen-bond acceptors (Lipinski definition) is 4. The lowest BCUT2D eigenvalue weighted by Crippen LogP contribution is -2.43. The molecule has 0 heterocycles. The third-order valence-corrected chi connectivity index (χ3v) is 4.99. The van der Waals surface area contributed by atoms with Crippen molar-refractivity contribution in [3.05, 3.63) is 29.8 Å². The van der Waals surface area contributed by atoms with Crippen LogP contribution in [0.3, 0.4) is 0 Å². The second-order valence-corrected chi connectivity index (χ2v) is 7.87. The molecule has 0 aliphatic heterocycles. The zero-order chi connectivity index (χ0) is 22.9. The summed E-state index contributed by atoms with van der Waals surface area (Å²) in [6.07, 6.45) is 7.75. The number of carbonyl (C=O) groups excluding carboxylic acids is 3. The highest BCUT2D eigenvalue weighted by Gasteiger charge is 2.17. The molecular formula is C24H39N3O4. The van der Waals surface area contributed by atoms with Crippen LogP contribution in [-0.4, -0.2) is 56.0 Å². The molecule has 7 nitrogen and oxygen atoms in total. The Labute approximate surface area is 186 Å². The average molecular weight is 434 g/mol. The number of rotatable bonds is 16. The highest BCUT2D eigenvalue weighted by Crippen LogP contribution is 2.09. The Kier molecular flexibility index (Phi) is 14.0. The third kappa shape index (κ3) is 12.8. The molecule has 31 heavy (non-hydrogen) atoms. The smallest absolute Gasteiger partial charge is 0.243 e. The Hall–Kier alpha value is -2.41. The number of nitrogens with zero attached hydrogens (tertiary/aromatic N) is 1. The van der Waals surface area contributed by atoms with E-state index in [1.165, 1.54) is 19.3 Å². The van der Waals surface area contributed by atoms with Gasteiger partial charge in [0.25, 0.3) is 0 Å². The molecule has 0 radical (unpaired) electrons. The lowest BCUT2D eigenvalue weighted by atomic mass is 10.1. The van der Waals surface area contributed by atoms with Crippen molar-refractivity contribution < 1.29 is 19.1 Å². The van der Waals surface area contributed by atoms with Gasteiger partial charge in [-0.3, -0.25) is 14.4 Å². The standard InChI is InChI=1S/C24H39N3O4/c1-4-5-6-7-8-9-11-24(30)27(16-10-17-31-3)19-23(29)25-18-22(28)26-21-14-12-20(2)13-15-21/h12-15H,4-11,16-19H2,1-3H3,(H,25,29)(H,26,28). The van der Waals surface area contributed by atoms with Gasteiger partial charge in [-0.1, -0.05) is 56.7 Å². The highest BCUT2D eigenvalue weighted by molar-refractivity contribution is 5.95. The van der Waals surface area contributed by atoms with Gasteiger partial charge < -0.3 is 20.3 Å². The molecule has 174 valence electrons. The molecular weight excluding hydrogens is 394 g/mol. The molecule has 7 heteroatoms. The number of unbranched alkanes of at least 4 members (excludes halogenated alkanes) is 5. The molecule has 1 rings (SSSR count). The minimum atomic E-state index is -0.340. The number of carbonyl (C=O) groups is 3. The van der Waals surface area contributed by atoms with E-state index < -0.39 is 0 Å². The maximum Gasteiger partial charge on any atom is 0.243 e. The summed E-state index contributed by atoms with van der Waals surface area (Å²) < 4.78 is 5.06. The topological polar surface area (TPSA) is 87.7 Å². The monoisotopic (exact) mass is 433 g/mol. The minimum absolute atomic E-state index is 0.0224. The van der Waals surface area contributed by atoms with Gasteiger partial charge in [0.15, 0.2) is 0 Å². The summed E-state index contributed by atoms with van der Waals surface area (Å²) in [6, 6.07) is 7.43. The fraction of sp³-hybridized carbons (Fsp3) is 0.625. The lowest BCUT2D eigenvalue weighted by molar-refractivity contribution is -0.136. The maximum absolute atomic E-state index is 12.6. The Morgan fingerprint density at radius 1 is 0.935 bits per heavy atom. The van der Waals surface area contributed by atoms with Gasteiger partial charge in [0, 0.05) is 32.4 Å². The van der Waals surface area contributed by atoms with Crippen LogP contribution in [0.1, 0.15) is 63.9 Å². The van der Waals surface area contributed by atoms with Crippen molar-refractivity contribution in [2.75, 3.05) is 38.7 Å². The van der Waals surface area contributed by atoms with Crippen LogP contribution in [0.4, 0.5) is 5.69 Å². The first-order chi connectivity index (χ1) is 15.0. The quantitative estimate of drug-likeness (QED) is 0.390. The largest absolute Gasteiger partial charge is 0.385 e. The average Bonchev–Trinajstić information content (AvgIpc) is 2.75. The summed E-state index contributed by atoms with van der Waals surface area (Å²) in [7, 11) is 1.61. The second kappa shape index (κ2) is 16.3. The minimum Gasteiger partial charge on any atom is -0.385 e. The van der Waals surface area contributed by atoms with Crippen molar-refractivity contribution in [3.63, 3.8) is 0 Å². The molecule has 1 aromatic carbocycles. The molecule has 0 aliphatic carbocycles. The number of methoxy groups -OCH3 is 1. The van der Waals surface area contributed by atoms with Crippen molar-refractivity contribution in [2.24, 2.45) is 0 Å². The molecule has 0 aromatic heterocycles. The van der Waals surface area contributed by atoms with Gasteiger partial charge in [-0.05, 0) is 31.9 Å². The van der Waals surface area contributed by atoms with Crippen LogP contribution in [-0.2, 0) is 19.1 Å². The van der Waals surface area contributed by atoms with Crippen molar-refractivity contribution >= 4 is 23.4 Å². The summed E-state index contributed by atoms with van der Waals surface area (Å²) in [6.45, 7) is 4.96. The van der Waals surface area contributed by atoms with Crippen molar-refractivity contribution in [1.82, 2.24) is 10.2 Å². The zero-order valence-electron chi connectivity index (χ0n) is 19.4. The van der Waals surface area contributed by atoms with Gasteiger partial charge in [-0.2, -0.15) is 0 Å². The van der Waals surface area contributed by atoms with E-state index >= 15 is 0 Å². The molecule has 0 bridgehead atoms. The van der Waals surface area contributed by atoms with E-state index in [0.717, 1.165) is 24.8 Å². The molecule has 0 saturated heterocycles. The van der Waals surface area contributed by atoms with Gasteiger partial charge >= 0.3 is 0 Å². The number of amides is 3. The Bertz CT molecular complexity index is 661. The van der Waals surface area contributed by atoms with Gasteiger partial charge in [-0.25, -0.2) is 0 Å². The predicted octanol–water partition coefficient (Wildman–Crippen LogP) is 3.67. The first-order valence-corrected chi connectivity index (χ1v) is 11.4. The molecule has 0 atom stereocenters. The van der Waals surface area contributed by atoms with Crippen LogP contribution in [0, 0.1) is 6.92 Å². The first-order valence-electron chi connectivity index (χ1n) is 11.4. The zero-order valence-corrected chi connectivity index (χ0v) is 19.4. The molecule has 3 amide bonds. The van der Waals surface area contributed by atoms with Crippen LogP contribution >= 0.6 is 0 Å². The number of anilines is 1. The van der Waals surface area contributed by atoms with Gasteiger partial charge in [0.1, 0.15) is 0 Å². The summed E-state index contributed by atoms with van der Waals surface area (Å²) in [5, 5.41) is 5.34. The Balaban J connectivity index is 2.41. The molecule has 0 spiro atoms. The SMILES string of the molecule is CCCCCCCCC(=O)N(CCCOC)CC(=O)NCC(=O)Nc1ccc(C)cc1. The molecule has 0 unspecified atom stereocenters. The van der Waals surface area contributed by atoms with E-state index in [9.17, 15) is 14.4 Å². The summed E-state index contributed by atoms with van der Waals surface area (Å²) in [5.74, 6) is -0.667. The van der Waals surface area contributed by atoms with Crippen LogP contribution in [0.25, 0.3) is 0 Å². The number of hydrogen-bond donors (Lipinski definition) is 2. The van der Waals surface area contributed by atoms with E-state index in [1.54, 1.807) is 12.0 Å². The second-order valence-electron chi connectivity index (χ2n) is 7.87. The normalized spacial score (nSPS) is 10.5. The van der Waals surface area contributed by atoms with Crippen molar-refractivity contribution in [2.45, 2.75) is 65.2 Å². The van der Waals surface area contributed by atoms with Crippen LogP contribution < -0.4 is 10.6 Å². The van der Waals surface area contributed by atoms with Crippen molar-refractivity contribution in [3.8, 4) is 0 Å². The molecule has 0 saturated carbocycles. The number of aryl methyl sites for hydroxylation is 1. The number of benzene rings is 1. The van der Waals surface area contributed by atoms with E-state index in [1.807, 2.05) is 31.2 Å². The number of nitrogens with one attached hydrogen (secondary N) is 2. The van der Waals surface area contributed by atoms with Crippen LogP contribution in [0.5, 0.6) is 0 Å². The van der Waals surface area contributed by atoms with E-state index in [4.69, 9.17) is 4.74 Å². The van der Waals surface area contributed by atoms with E-state index in [0.29, 0.717) is 31.7 Å². The summed E-state index contributed by atoms with van der Waals surface area (Å²) in [5.41, 5.74) is 1.78. The van der Waals surface area contributed by atoms with E-state index in [2.05, 4.69) is 17.6 Å². The van der Waals surface area contributed by atoms with E-state index in [-0.39, 0.29) is 30.8 Å². The van der Waals surface area contributed by atoms with Gasteiger partial charge in [0.05, 0.1) is 13.1 Å². The maximum atomic E-state index is 12.6. The lowest BCUT2D eigenvalue weighted by Gasteiger charge is -2.22. The van der Waals surface area contributed by atoms with Crippen LogP contribution in [0.2, 0.25) is 0 Å². The summed E-state index contributed by atoms with van der Waals surface area (Å²) in [4.78, 5) is 38.5. The fourth-order valence-corrected chi connectivity index (χ4v) is 3.16. The molecule has 0 fully saturated rings. The third-order valence-electron chi connectivity index (χ3n) is 4.99. The molecule has 0 aliphatic rings. The first kappa shape index (κ1) is 26.6. The van der Waals surface area contributed by atoms with Gasteiger partial charge in [0.2, 0.25) is 17.7 Å². The Morgan fingerprint density at radius 3 is 2.29 bits per heavy atom. The molecule has 2 N–H and O–H groups in total. The Morgan fingerprint density at radius 2 is 1.61 bits per heavy atom. The van der Waals surface area contributed by atoms with Crippen molar-refractivity contribution in [1.29, 1.82) is 0 Å². The summed E-state index contributed by atoms with van der Waals surface area (Å²) >= 11 is 0. The molecule has 1 aromatic rings.